The summed E-state index contributed by atoms with van der Waals surface area (Å²) in [7, 11) is -18.3. The number of nitrogens with one attached hydrogen (secondary N) is 9. The number of urea groups is 1. The number of carbonyl (C=O) groups is 15. The van der Waals surface area contributed by atoms with Gasteiger partial charge in [-0.05, 0) is 238 Å². The Bertz CT molecular complexity index is 5810. The number of carbonyl (C=O) groups excluding carboxylic acids is 9. The number of hydrogen-bond acceptors (Lipinski definition) is 25. The zero-order valence-electron chi connectivity index (χ0n) is 79.0. The number of fused-ring (bicyclic) bond motifs is 2. The second kappa shape index (κ2) is 53.5. The van der Waals surface area contributed by atoms with E-state index < -0.39 is 227 Å². The van der Waals surface area contributed by atoms with E-state index in [1.807, 2.05) is 66.8 Å². The minimum atomic E-state index is -4.70. The average Bonchev–Trinajstić information content (AvgIpc) is 1.59. The maximum absolute atomic E-state index is 14.1. The molecule has 2 heterocycles. The SMILES string of the molecule is CC1(C)C(/C=C/C2=C(Oc3ccc(S(=O)(=O)O)cc3)C(=C/C=C3/N(CCCCS(=O)(=O)O)c4ccc(S(=O)(=O)O)cc4C3(C)C)/CCC2)=[N+](CCCCCC(=O)NCCCC[C@H](NC(=O)[C@H](CCC(=O)O)NC(=O)[C@H](CCC(=O)O)NC(=O)[C@H](CCC(=O)O)NC(=O)CCCCCNC(=O)C2CCC(CNC(=O)CC[C@H](NC(=O)N[C@@H](CCC(=O)O)C(=O)O)C(=O)O)CC2)C(N)=O)c2ccc(S(=O)(=O)O)cc21. The second-order valence-corrected chi connectivity index (χ2v) is 42.1. The van der Waals surface area contributed by atoms with Gasteiger partial charge in [-0.15, -0.1) is 0 Å². The van der Waals surface area contributed by atoms with Crippen LogP contribution < -0.4 is 63.2 Å². The topological polar surface area (TPSA) is 745 Å². The van der Waals surface area contributed by atoms with Crippen LogP contribution in [-0.2, 0) is 118 Å². The van der Waals surface area contributed by atoms with Gasteiger partial charge in [0.2, 0.25) is 52.9 Å². The molecule has 1 fully saturated rings. The molecule has 7 rings (SSSR count). The Kier molecular flexibility index (Phi) is 43.8. The van der Waals surface area contributed by atoms with Crippen molar-refractivity contribution in [2.24, 2.45) is 17.6 Å². The minimum Gasteiger partial charge on any atom is -0.481 e. The number of amides is 10. The standard InChI is InChI=1S/C92H126N12O34S4/c1-91(2)63-52-61(141(132,133)134)31-38-71(63)103(73(91)40-25-56-16-15-17-57(82(56)138-59-27-29-60(30-28-59)140(129,130)131)26-41-74-92(3,4)64-53-62(142(135,136)137)32-39-72(64)104(74)50-13-14-51-139(126,127)128)49-12-6-8-19-75(105)94-47-11-9-18-65(83(93)116)98-86(119)67(35-44-79(110)111)100-87(120)68(36-45-80(112)113)99-85(118)66(34-43-78(108)109)97-77(107)20-7-5-10-48-95-84(117)58-23-21-55(22-24-58)54-96-76(106)42-33-69(88(121)122)101-90(125)102-70(89(123)124)37-46-81(114)115/h25-32,38-41,52-53,55,58,65-70H,5-24,33-37,42-51,54H2,1-4H3,(H20-,93,94,95,96,97,98,99,100,101,102,105,106,107,108,109,110,111,112,113,114,115,116,117,118,119,120,121,122,123,124,125,126,127,128,129,130,131,132,133,134,135,136,137)/p+1/t55?,58?,65-,66-,67-,68-,69-,70-/m0/s1. The largest absolute Gasteiger partial charge is 0.481 e. The fraction of sp³-hybridized carbons (Fsp3) is 0.543. The van der Waals surface area contributed by atoms with E-state index in [9.17, 15) is 149 Å². The van der Waals surface area contributed by atoms with Gasteiger partial charge in [0.05, 0.1) is 25.9 Å². The summed E-state index contributed by atoms with van der Waals surface area (Å²) in [5, 5.41) is 78.5. The normalized spacial score (nSPS) is 17.5. The number of nitrogens with zero attached hydrogens (tertiary/aromatic N) is 2. The van der Waals surface area contributed by atoms with E-state index in [1.54, 1.807) is 6.07 Å². The third-order valence-corrected chi connectivity index (χ3v) is 28.2. The van der Waals surface area contributed by atoms with Crippen molar-refractivity contribution in [2.45, 2.75) is 282 Å². The maximum Gasteiger partial charge on any atom is 0.326 e. The van der Waals surface area contributed by atoms with Gasteiger partial charge in [-0.1, -0.05) is 26.3 Å². The summed E-state index contributed by atoms with van der Waals surface area (Å²) in [5.74, 6) is -15.3. The Morgan fingerprint density at radius 2 is 0.958 bits per heavy atom. The lowest BCUT2D eigenvalue weighted by molar-refractivity contribution is -0.438. The van der Waals surface area contributed by atoms with Crippen LogP contribution in [0.2, 0.25) is 0 Å². The molecular weight excluding hydrogens is 1950 g/mol. The molecule has 0 spiro atoms. The van der Waals surface area contributed by atoms with Crippen LogP contribution in [0.5, 0.6) is 5.75 Å². The van der Waals surface area contributed by atoms with Gasteiger partial charge in [0.15, 0.2) is 5.71 Å². The van der Waals surface area contributed by atoms with Crippen LogP contribution in [0.1, 0.15) is 231 Å². The van der Waals surface area contributed by atoms with Crippen molar-refractivity contribution in [1.82, 2.24) is 47.9 Å². The number of rotatable bonds is 60. The number of hydrogen-bond donors (Lipinski definition) is 20. The molecule has 3 aromatic rings. The summed E-state index contributed by atoms with van der Waals surface area (Å²) < 4.78 is 146. The fourth-order valence-corrected chi connectivity index (χ4v) is 19.1. The molecule has 0 unspecified atom stereocenters. The predicted molar refractivity (Wildman–Crippen MR) is 508 cm³/mol. The van der Waals surface area contributed by atoms with Crippen molar-refractivity contribution in [2.75, 3.05) is 43.4 Å². The molecule has 782 valence electrons. The molecular formula is C92H127N12O34S4+. The van der Waals surface area contributed by atoms with Gasteiger partial charge < -0.3 is 93.9 Å². The summed E-state index contributed by atoms with van der Waals surface area (Å²) >= 11 is 0. The Morgan fingerprint density at radius 3 is 1.49 bits per heavy atom. The smallest absolute Gasteiger partial charge is 0.326 e. The molecule has 0 saturated heterocycles. The maximum atomic E-state index is 14.1. The molecule has 6 atom stereocenters. The Balaban J connectivity index is 0.914. The molecule has 0 bridgehead atoms. The van der Waals surface area contributed by atoms with Crippen LogP contribution in [0.3, 0.4) is 0 Å². The number of carboxylic acid groups (broad SMARTS) is 6. The van der Waals surface area contributed by atoms with Gasteiger partial charge in [-0.3, -0.25) is 75.7 Å². The molecule has 4 aliphatic rings. The molecule has 21 N–H and O–H groups in total. The van der Waals surface area contributed by atoms with Crippen LogP contribution in [-0.4, -0.2) is 257 Å². The van der Waals surface area contributed by atoms with Gasteiger partial charge in [-0.2, -0.15) is 38.2 Å². The van der Waals surface area contributed by atoms with E-state index in [0.717, 1.165) is 12.1 Å². The highest BCUT2D eigenvalue weighted by Gasteiger charge is 2.46. The van der Waals surface area contributed by atoms with Crippen LogP contribution in [0.15, 0.2) is 122 Å². The van der Waals surface area contributed by atoms with Crippen LogP contribution in [0, 0.1) is 11.8 Å². The Hall–Kier alpha value is -12.6. The zero-order chi connectivity index (χ0) is 105. The number of ether oxygens (including phenoxy) is 1. The second-order valence-electron chi connectivity index (χ2n) is 36.2. The minimum absolute atomic E-state index is 0.0175. The van der Waals surface area contributed by atoms with Gasteiger partial charge in [-0.25, -0.2) is 14.4 Å². The summed E-state index contributed by atoms with van der Waals surface area (Å²) in [4.78, 5) is 190. The molecule has 10 amide bonds. The van der Waals surface area contributed by atoms with Crippen LogP contribution in [0.4, 0.5) is 16.2 Å². The van der Waals surface area contributed by atoms with Crippen molar-refractivity contribution in [3.8, 4) is 5.75 Å². The lowest BCUT2D eigenvalue weighted by atomic mass is 9.81. The van der Waals surface area contributed by atoms with Crippen LogP contribution in [0.25, 0.3) is 0 Å². The summed E-state index contributed by atoms with van der Waals surface area (Å²) in [6.07, 6.45) is 7.94. The van der Waals surface area contributed by atoms with Gasteiger partial charge in [0, 0.05) is 118 Å². The first-order chi connectivity index (χ1) is 66.5. The number of allylic oxidation sites excluding steroid dienone is 7. The summed E-state index contributed by atoms with van der Waals surface area (Å²) in [6.45, 7) is 8.49. The quantitative estimate of drug-likeness (QED) is 0.0189. The van der Waals surface area contributed by atoms with Crippen molar-refractivity contribution in [1.29, 1.82) is 0 Å². The highest BCUT2D eigenvalue weighted by molar-refractivity contribution is 7.86. The molecule has 2 aliphatic heterocycles. The lowest BCUT2D eigenvalue weighted by Crippen LogP contribution is -2.58. The number of unbranched alkanes of at least 4 members (excludes halogenated alkanes) is 6. The fourth-order valence-electron chi connectivity index (χ4n) is 17.0. The molecule has 46 nitrogen and oxygen atoms in total. The van der Waals surface area contributed by atoms with Crippen molar-refractivity contribution >= 4 is 147 Å². The Morgan fingerprint density at radius 1 is 0.472 bits per heavy atom. The first kappa shape index (κ1) is 116. The molecule has 50 heteroatoms. The molecule has 142 heavy (non-hydrogen) atoms. The number of primary amides is 1. The van der Waals surface area contributed by atoms with Crippen LogP contribution >= 0.6 is 0 Å². The molecule has 0 aromatic heterocycles. The third kappa shape index (κ3) is 37.0. The van der Waals surface area contributed by atoms with E-state index in [0.29, 0.717) is 134 Å². The summed E-state index contributed by atoms with van der Waals surface area (Å²) in [5.41, 5.74) is 8.67. The van der Waals surface area contributed by atoms with Crippen molar-refractivity contribution < 1.29 is 164 Å². The van der Waals surface area contributed by atoms with Gasteiger partial charge in [0.1, 0.15) is 54.3 Å². The monoisotopic (exact) mass is 2070 g/mol. The van der Waals surface area contributed by atoms with Crippen molar-refractivity contribution in [3.05, 3.63) is 119 Å². The molecule has 3 aromatic carbocycles. The van der Waals surface area contributed by atoms with Gasteiger partial charge >= 0.3 is 41.8 Å². The van der Waals surface area contributed by atoms with E-state index in [4.69, 9.17) is 15.6 Å². The zero-order valence-corrected chi connectivity index (χ0v) is 82.3. The molecule has 1 saturated carbocycles. The molecule has 2 aliphatic carbocycles. The van der Waals surface area contributed by atoms with Crippen molar-refractivity contribution in [3.63, 3.8) is 0 Å². The number of nitrogens with two attached hydrogens (primary N) is 1. The van der Waals surface area contributed by atoms with E-state index in [1.165, 1.54) is 42.5 Å². The number of aliphatic carboxylic acids is 6. The van der Waals surface area contributed by atoms with E-state index in [2.05, 4.69) is 42.5 Å². The summed E-state index contributed by atoms with van der Waals surface area (Å²) in [6, 6.07) is 2.41. The van der Waals surface area contributed by atoms with E-state index >= 15 is 0 Å². The van der Waals surface area contributed by atoms with E-state index in [-0.39, 0.29) is 130 Å². The highest BCUT2D eigenvalue weighted by atomic mass is 32.2. The number of benzene rings is 3. The predicted octanol–water partition coefficient (Wildman–Crippen LogP) is 5.47. The first-order valence-corrected chi connectivity index (χ1v) is 52.4. The number of carboxylic acids is 6. The molecule has 0 radical (unpaired) electrons. The lowest BCUT2D eigenvalue weighted by Gasteiger charge is -2.28. The highest BCUT2D eigenvalue weighted by Crippen LogP contribution is 2.50. The average molecular weight is 2070 g/mol. The number of anilines is 1. The van der Waals surface area contributed by atoms with Gasteiger partial charge in [0.25, 0.3) is 40.5 Å². The first-order valence-electron chi connectivity index (χ1n) is 46.4. The Labute approximate surface area is 821 Å². The third-order valence-electron chi connectivity index (χ3n) is 24.8.